The topological polar surface area (TPSA) is 15.3 Å². The van der Waals surface area contributed by atoms with Gasteiger partial charge in [-0.2, -0.15) is 0 Å². The molecule has 19 heavy (non-hydrogen) atoms. The molecule has 2 nitrogen and oxygen atoms in total. The number of halogens is 2. The van der Waals surface area contributed by atoms with E-state index in [-0.39, 0.29) is 6.04 Å². The van der Waals surface area contributed by atoms with Crippen molar-refractivity contribution >= 4 is 5.69 Å². The van der Waals surface area contributed by atoms with Crippen molar-refractivity contribution in [3.63, 3.8) is 0 Å². The van der Waals surface area contributed by atoms with Gasteiger partial charge in [-0.25, -0.2) is 8.78 Å². The van der Waals surface area contributed by atoms with Gasteiger partial charge in [-0.15, -0.1) is 0 Å². The minimum absolute atomic E-state index is 0.207. The molecule has 1 unspecified atom stereocenters. The van der Waals surface area contributed by atoms with Crippen LogP contribution in [0, 0.1) is 17.6 Å². The van der Waals surface area contributed by atoms with E-state index in [9.17, 15) is 8.78 Å². The third-order valence-electron chi connectivity index (χ3n) is 4.10. The van der Waals surface area contributed by atoms with Gasteiger partial charge in [0.05, 0.1) is 5.69 Å². The lowest BCUT2D eigenvalue weighted by Crippen LogP contribution is -2.39. The zero-order valence-corrected chi connectivity index (χ0v) is 11.6. The average molecular weight is 268 g/mol. The van der Waals surface area contributed by atoms with E-state index in [0.717, 1.165) is 38.5 Å². The summed E-state index contributed by atoms with van der Waals surface area (Å²) < 4.78 is 26.4. The molecular formula is C15H22F2N2. The van der Waals surface area contributed by atoms with Crippen molar-refractivity contribution in [1.29, 1.82) is 0 Å². The lowest BCUT2D eigenvalue weighted by atomic mass is 9.90. The molecule has 0 saturated carbocycles. The Kier molecular flexibility index (Phi) is 4.75. The highest BCUT2D eigenvalue weighted by molar-refractivity contribution is 5.45. The zero-order valence-electron chi connectivity index (χ0n) is 11.6. The van der Waals surface area contributed by atoms with Crippen molar-refractivity contribution in [2.45, 2.75) is 32.7 Å². The molecule has 1 saturated heterocycles. The van der Waals surface area contributed by atoms with E-state index in [2.05, 4.69) is 24.1 Å². The largest absolute Gasteiger partial charge is 0.380 e. The molecule has 1 aromatic rings. The van der Waals surface area contributed by atoms with E-state index in [4.69, 9.17) is 0 Å². The first kappa shape index (κ1) is 14.3. The molecule has 0 aliphatic carbocycles. The third kappa shape index (κ3) is 3.66. The van der Waals surface area contributed by atoms with E-state index in [1.807, 2.05) is 0 Å². The lowest BCUT2D eigenvalue weighted by molar-refractivity contribution is 0.183. The first-order valence-electron chi connectivity index (χ1n) is 7.04. The van der Waals surface area contributed by atoms with Gasteiger partial charge in [0.25, 0.3) is 0 Å². The van der Waals surface area contributed by atoms with Crippen LogP contribution in [-0.2, 0) is 0 Å². The molecule has 1 aromatic carbocycles. The predicted octanol–water partition coefficient (Wildman–Crippen LogP) is 3.50. The number of nitrogens with one attached hydrogen (secondary N) is 1. The summed E-state index contributed by atoms with van der Waals surface area (Å²) in [6.07, 6.45) is 2.26. The molecule has 1 fully saturated rings. The number of rotatable bonds is 4. The molecule has 1 aliphatic rings. The Hall–Kier alpha value is -1.16. The Morgan fingerprint density at radius 3 is 2.58 bits per heavy atom. The van der Waals surface area contributed by atoms with Gasteiger partial charge in [0.1, 0.15) is 11.6 Å². The highest BCUT2D eigenvalue weighted by Crippen LogP contribution is 2.24. The summed E-state index contributed by atoms with van der Waals surface area (Å²) in [4.78, 5) is 2.43. The number of anilines is 1. The van der Waals surface area contributed by atoms with E-state index < -0.39 is 11.6 Å². The number of piperidine rings is 1. The molecule has 2 rings (SSSR count). The van der Waals surface area contributed by atoms with Crippen LogP contribution in [0.4, 0.5) is 14.5 Å². The first-order valence-corrected chi connectivity index (χ1v) is 7.04. The van der Waals surface area contributed by atoms with Crippen LogP contribution in [0.25, 0.3) is 0 Å². The first-order chi connectivity index (χ1) is 9.10. The summed E-state index contributed by atoms with van der Waals surface area (Å²) in [6, 6.07) is 3.90. The molecule has 0 spiro atoms. The fraction of sp³-hybridized carbons (Fsp3) is 0.600. The third-order valence-corrected chi connectivity index (χ3v) is 4.10. The monoisotopic (exact) mass is 268 g/mol. The van der Waals surface area contributed by atoms with E-state index in [1.165, 1.54) is 12.1 Å². The van der Waals surface area contributed by atoms with Gasteiger partial charge < -0.3 is 10.2 Å². The van der Waals surface area contributed by atoms with Crippen LogP contribution >= 0.6 is 0 Å². The summed E-state index contributed by atoms with van der Waals surface area (Å²) in [5, 5.41) is 3.18. The maximum Gasteiger partial charge on any atom is 0.149 e. The fourth-order valence-electron chi connectivity index (χ4n) is 2.74. The number of hydrogen-bond donors (Lipinski definition) is 1. The Bertz CT molecular complexity index is 415. The van der Waals surface area contributed by atoms with E-state index in [1.54, 1.807) is 0 Å². The van der Waals surface area contributed by atoms with Gasteiger partial charge in [0, 0.05) is 12.1 Å². The van der Waals surface area contributed by atoms with Crippen LogP contribution in [0.3, 0.4) is 0 Å². The van der Waals surface area contributed by atoms with E-state index in [0.29, 0.717) is 11.6 Å². The average Bonchev–Trinajstić information content (AvgIpc) is 2.42. The number of benzene rings is 1. The second-order valence-electron chi connectivity index (χ2n) is 5.33. The lowest BCUT2D eigenvalue weighted by Gasteiger charge is -2.34. The normalized spacial score (nSPS) is 19.4. The highest BCUT2D eigenvalue weighted by Gasteiger charge is 2.23. The van der Waals surface area contributed by atoms with Crippen LogP contribution < -0.4 is 5.32 Å². The molecule has 0 radical (unpaired) electrons. The summed E-state index contributed by atoms with van der Waals surface area (Å²) in [5.74, 6) is -0.503. The van der Waals surface area contributed by atoms with Gasteiger partial charge in [-0.05, 0) is 57.5 Å². The molecule has 1 N–H and O–H groups in total. The molecule has 4 heteroatoms. The fourth-order valence-corrected chi connectivity index (χ4v) is 2.74. The molecule has 0 bridgehead atoms. The zero-order chi connectivity index (χ0) is 13.8. The Morgan fingerprint density at radius 2 is 2.00 bits per heavy atom. The molecule has 1 atom stereocenters. The summed E-state index contributed by atoms with van der Waals surface area (Å²) in [6.45, 7) is 7.57. The van der Waals surface area contributed by atoms with Gasteiger partial charge in [-0.3, -0.25) is 0 Å². The summed E-state index contributed by atoms with van der Waals surface area (Å²) in [5.41, 5.74) is 0.395. The molecule has 0 aromatic heterocycles. The van der Waals surface area contributed by atoms with Crippen LogP contribution in [0.2, 0.25) is 0 Å². The predicted molar refractivity (Wildman–Crippen MR) is 74.3 cm³/mol. The Balaban J connectivity index is 1.92. The van der Waals surface area contributed by atoms with Gasteiger partial charge >= 0.3 is 0 Å². The highest BCUT2D eigenvalue weighted by atomic mass is 19.1. The maximum atomic E-state index is 13.6. The minimum Gasteiger partial charge on any atom is -0.380 e. The van der Waals surface area contributed by atoms with E-state index >= 15 is 0 Å². The number of hydrogen-bond acceptors (Lipinski definition) is 2. The molecule has 0 amide bonds. The van der Waals surface area contributed by atoms with Crippen molar-refractivity contribution in [3.05, 3.63) is 29.8 Å². The van der Waals surface area contributed by atoms with Crippen molar-refractivity contribution in [2.75, 3.05) is 25.0 Å². The Morgan fingerprint density at radius 1 is 1.32 bits per heavy atom. The van der Waals surface area contributed by atoms with Gasteiger partial charge in [-0.1, -0.05) is 6.92 Å². The van der Waals surface area contributed by atoms with Crippen LogP contribution in [0.15, 0.2) is 18.2 Å². The Labute approximate surface area is 113 Å². The smallest absolute Gasteiger partial charge is 0.149 e. The van der Waals surface area contributed by atoms with Crippen LogP contribution in [0.1, 0.15) is 26.7 Å². The summed E-state index contributed by atoms with van der Waals surface area (Å²) in [7, 11) is 0. The van der Waals surface area contributed by atoms with Crippen LogP contribution in [-0.4, -0.2) is 30.6 Å². The van der Waals surface area contributed by atoms with Gasteiger partial charge in [0.15, 0.2) is 0 Å². The SMILES string of the molecule is CCN1CCC(C(C)Nc2ccc(F)cc2F)CC1. The second kappa shape index (κ2) is 6.33. The molecular weight excluding hydrogens is 246 g/mol. The van der Waals surface area contributed by atoms with Crippen molar-refractivity contribution in [1.82, 2.24) is 4.90 Å². The summed E-state index contributed by atoms with van der Waals surface area (Å²) >= 11 is 0. The molecule has 106 valence electrons. The second-order valence-corrected chi connectivity index (χ2v) is 5.33. The number of nitrogens with zero attached hydrogens (tertiary/aromatic N) is 1. The van der Waals surface area contributed by atoms with Gasteiger partial charge in [0.2, 0.25) is 0 Å². The molecule has 1 aliphatic heterocycles. The maximum absolute atomic E-state index is 13.6. The minimum atomic E-state index is -0.535. The van der Waals surface area contributed by atoms with Crippen molar-refractivity contribution in [2.24, 2.45) is 5.92 Å². The van der Waals surface area contributed by atoms with Crippen LogP contribution in [0.5, 0.6) is 0 Å². The molecule has 1 heterocycles. The number of likely N-dealkylation sites (tertiary alicyclic amines) is 1. The van der Waals surface area contributed by atoms with Crippen molar-refractivity contribution in [3.8, 4) is 0 Å². The quantitative estimate of drug-likeness (QED) is 0.899. The van der Waals surface area contributed by atoms with Crippen molar-refractivity contribution < 1.29 is 8.78 Å². The standard InChI is InChI=1S/C15H22F2N2/c1-3-19-8-6-12(7-9-19)11(2)18-15-5-4-13(16)10-14(15)17/h4-5,10-12,18H,3,6-9H2,1-2H3.